The quantitative estimate of drug-likeness (QED) is 0.537. The van der Waals surface area contributed by atoms with E-state index in [-0.39, 0.29) is 0 Å². The molecule has 3 aromatic rings. The number of aryl methyl sites for hydroxylation is 1. The molecular formula is C12H9NS. The molecule has 3 rings (SSSR count). The second-order valence-electron chi connectivity index (χ2n) is 3.44. The van der Waals surface area contributed by atoms with Crippen molar-refractivity contribution in [3.05, 3.63) is 41.4 Å². The Bertz CT molecular complexity index is 610. The van der Waals surface area contributed by atoms with E-state index >= 15 is 0 Å². The van der Waals surface area contributed by atoms with Crippen molar-refractivity contribution in [2.24, 2.45) is 0 Å². The van der Waals surface area contributed by atoms with Crippen LogP contribution in [-0.2, 0) is 0 Å². The van der Waals surface area contributed by atoms with E-state index < -0.39 is 0 Å². The van der Waals surface area contributed by atoms with Gasteiger partial charge in [0.2, 0.25) is 0 Å². The number of hydrogen-bond acceptors (Lipinski definition) is 2. The molecule has 0 aliphatic heterocycles. The van der Waals surface area contributed by atoms with Crippen LogP contribution in [0.5, 0.6) is 0 Å². The van der Waals surface area contributed by atoms with Crippen LogP contribution < -0.4 is 0 Å². The van der Waals surface area contributed by atoms with Gasteiger partial charge in [-0.3, -0.25) is 0 Å². The molecule has 0 N–H and O–H groups in total. The van der Waals surface area contributed by atoms with Gasteiger partial charge in [0.25, 0.3) is 0 Å². The molecule has 2 aromatic carbocycles. The summed E-state index contributed by atoms with van der Waals surface area (Å²) in [5, 5.41) is 2.58. The Hall–Kier alpha value is -1.41. The Balaban J connectivity index is 2.67. The number of hydrogen-bond donors (Lipinski definition) is 0. The molecule has 0 saturated heterocycles. The van der Waals surface area contributed by atoms with Gasteiger partial charge in [-0.15, -0.1) is 11.3 Å². The number of fused-ring (bicyclic) bond motifs is 3. The lowest BCUT2D eigenvalue weighted by Crippen LogP contribution is -1.79. The van der Waals surface area contributed by atoms with E-state index in [1.165, 1.54) is 21.0 Å². The number of nitrogens with zero attached hydrogens (tertiary/aromatic N) is 1. The lowest BCUT2D eigenvalue weighted by Gasteiger charge is -2.01. The fraction of sp³-hybridized carbons (Fsp3) is 0.0833. The summed E-state index contributed by atoms with van der Waals surface area (Å²) in [7, 11) is 0. The third kappa shape index (κ3) is 0.976. The van der Waals surface area contributed by atoms with Crippen LogP contribution >= 0.6 is 11.3 Å². The van der Waals surface area contributed by atoms with Crippen molar-refractivity contribution in [1.82, 2.24) is 4.98 Å². The molecule has 0 atom stereocenters. The number of benzene rings is 2. The van der Waals surface area contributed by atoms with Crippen molar-refractivity contribution < 1.29 is 0 Å². The summed E-state index contributed by atoms with van der Waals surface area (Å²) in [6.45, 7) is 2.14. The van der Waals surface area contributed by atoms with Gasteiger partial charge in [0.1, 0.15) is 0 Å². The third-order valence-corrected chi connectivity index (χ3v) is 3.35. The molecule has 0 amide bonds. The monoisotopic (exact) mass is 199 g/mol. The van der Waals surface area contributed by atoms with Crippen LogP contribution in [0.4, 0.5) is 0 Å². The van der Waals surface area contributed by atoms with Crippen LogP contribution in [0, 0.1) is 6.92 Å². The highest BCUT2D eigenvalue weighted by Gasteiger charge is 2.04. The average Bonchev–Trinajstić information content (AvgIpc) is 2.65. The smallest absolute Gasteiger partial charge is 0.0892 e. The summed E-state index contributed by atoms with van der Waals surface area (Å²) < 4.78 is 1.27. The minimum atomic E-state index is 1.14. The maximum atomic E-state index is 4.43. The SMILES string of the molecule is Cc1cccc2ccc3scnc3c12. The predicted octanol–water partition coefficient (Wildman–Crippen LogP) is 3.76. The molecule has 0 bridgehead atoms. The largest absolute Gasteiger partial charge is 0.244 e. The third-order valence-electron chi connectivity index (χ3n) is 2.55. The van der Waals surface area contributed by atoms with Gasteiger partial charge in [-0.2, -0.15) is 0 Å². The topological polar surface area (TPSA) is 12.9 Å². The van der Waals surface area contributed by atoms with Crippen LogP contribution in [-0.4, -0.2) is 4.98 Å². The fourth-order valence-electron chi connectivity index (χ4n) is 1.88. The van der Waals surface area contributed by atoms with Crippen LogP contribution in [0.3, 0.4) is 0 Å². The molecule has 0 aliphatic rings. The maximum absolute atomic E-state index is 4.43. The van der Waals surface area contributed by atoms with Crippen molar-refractivity contribution >= 4 is 32.3 Å². The van der Waals surface area contributed by atoms with E-state index in [4.69, 9.17) is 0 Å². The average molecular weight is 199 g/mol. The summed E-state index contributed by atoms with van der Waals surface area (Å²) in [6.07, 6.45) is 0. The van der Waals surface area contributed by atoms with Gasteiger partial charge in [0.05, 0.1) is 15.7 Å². The van der Waals surface area contributed by atoms with Gasteiger partial charge in [0, 0.05) is 5.39 Å². The molecule has 1 heterocycles. The Morgan fingerprint density at radius 1 is 1.14 bits per heavy atom. The first-order valence-corrected chi connectivity index (χ1v) is 5.46. The second-order valence-corrected chi connectivity index (χ2v) is 4.32. The van der Waals surface area contributed by atoms with Crippen LogP contribution in [0.1, 0.15) is 5.56 Å². The van der Waals surface area contributed by atoms with Crippen molar-refractivity contribution in [3.8, 4) is 0 Å². The Labute approximate surface area is 86.0 Å². The lowest BCUT2D eigenvalue weighted by molar-refractivity contribution is 1.49. The van der Waals surface area contributed by atoms with Crippen LogP contribution in [0.25, 0.3) is 21.0 Å². The standard InChI is InChI=1S/C12H9NS/c1-8-3-2-4-9-5-6-10-12(11(8)9)13-7-14-10/h2-7H,1H3. The zero-order valence-electron chi connectivity index (χ0n) is 7.82. The molecule has 0 aliphatic carbocycles. The Kier molecular flexibility index (Phi) is 1.58. The molecule has 0 saturated carbocycles. The van der Waals surface area contributed by atoms with E-state index in [1.807, 2.05) is 5.51 Å². The molecule has 1 nitrogen and oxygen atoms in total. The first-order chi connectivity index (χ1) is 6.86. The summed E-state index contributed by atoms with van der Waals surface area (Å²) in [4.78, 5) is 4.43. The minimum Gasteiger partial charge on any atom is -0.244 e. The Morgan fingerprint density at radius 2 is 2.07 bits per heavy atom. The van der Waals surface area contributed by atoms with Crippen LogP contribution in [0.2, 0.25) is 0 Å². The Morgan fingerprint density at radius 3 is 3.00 bits per heavy atom. The minimum absolute atomic E-state index is 1.14. The molecule has 1 aromatic heterocycles. The lowest BCUT2D eigenvalue weighted by atomic mass is 10.0. The van der Waals surface area contributed by atoms with Gasteiger partial charge >= 0.3 is 0 Å². The number of rotatable bonds is 0. The van der Waals surface area contributed by atoms with Gasteiger partial charge < -0.3 is 0 Å². The van der Waals surface area contributed by atoms with Crippen LogP contribution in [0.15, 0.2) is 35.8 Å². The zero-order valence-corrected chi connectivity index (χ0v) is 8.64. The normalized spacial score (nSPS) is 11.2. The van der Waals surface area contributed by atoms with Gasteiger partial charge in [-0.1, -0.05) is 24.3 Å². The van der Waals surface area contributed by atoms with E-state index in [9.17, 15) is 0 Å². The summed E-state index contributed by atoms with van der Waals surface area (Å²) >= 11 is 1.70. The second kappa shape index (κ2) is 2.79. The first-order valence-electron chi connectivity index (χ1n) is 4.58. The van der Waals surface area contributed by atoms with Crippen molar-refractivity contribution in [2.75, 3.05) is 0 Å². The van der Waals surface area contributed by atoms with E-state index in [1.54, 1.807) is 11.3 Å². The van der Waals surface area contributed by atoms with Crippen molar-refractivity contribution in [3.63, 3.8) is 0 Å². The molecule has 2 heteroatoms. The molecule has 0 unspecified atom stereocenters. The summed E-state index contributed by atoms with van der Waals surface area (Å²) in [6, 6.07) is 10.7. The van der Waals surface area contributed by atoms with Gasteiger partial charge in [-0.05, 0) is 23.9 Å². The molecular weight excluding hydrogens is 190 g/mol. The van der Waals surface area contributed by atoms with Gasteiger partial charge in [0.15, 0.2) is 0 Å². The summed E-state index contributed by atoms with van der Waals surface area (Å²) in [5.41, 5.74) is 4.36. The first kappa shape index (κ1) is 7.94. The highest BCUT2D eigenvalue weighted by Crippen LogP contribution is 2.28. The highest BCUT2D eigenvalue weighted by atomic mass is 32.1. The molecule has 0 spiro atoms. The predicted molar refractivity (Wildman–Crippen MR) is 61.9 cm³/mol. The molecule has 14 heavy (non-hydrogen) atoms. The van der Waals surface area contributed by atoms with E-state index in [0.29, 0.717) is 0 Å². The zero-order chi connectivity index (χ0) is 9.54. The highest BCUT2D eigenvalue weighted by molar-refractivity contribution is 7.16. The summed E-state index contributed by atoms with van der Waals surface area (Å²) in [5.74, 6) is 0. The number of aromatic nitrogens is 1. The van der Waals surface area contributed by atoms with E-state index in [0.717, 1.165) is 5.52 Å². The van der Waals surface area contributed by atoms with Gasteiger partial charge in [-0.25, -0.2) is 4.98 Å². The van der Waals surface area contributed by atoms with E-state index in [2.05, 4.69) is 42.2 Å². The molecule has 0 radical (unpaired) electrons. The molecule has 68 valence electrons. The maximum Gasteiger partial charge on any atom is 0.0892 e. The van der Waals surface area contributed by atoms with Crippen molar-refractivity contribution in [2.45, 2.75) is 6.92 Å². The van der Waals surface area contributed by atoms with Crippen molar-refractivity contribution in [1.29, 1.82) is 0 Å². The molecule has 0 fully saturated rings. The number of thiazole rings is 1. The fourth-order valence-corrected chi connectivity index (χ4v) is 2.56.